The maximum Gasteiger partial charge on any atom is 0.225 e. The van der Waals surface area contributed by atoms with Crippen molar-refractivity contribution in [2.75, 3.05) is 44.2 Å². The summed E-state index contributed by atoms with van der Waals surface area (Å²) in [6.07, 6.45) is 6.56. The Morgan fingerprint density at radius 3 is 2.36 bits per heavy atom. The molecule has 2 aromatic rings. The van der Waals surface area contributed by atoms with E-state index in [-0.39, 0.29) is 30.6 Å². The van der Waals surface area contributed by atoms with Crippen LogP contribution in [0.1, 0.15) is 30.9 Å². The average Bonchev–Trinajstić information content (AvgIpc) is 3.44. The average molecular weight is 383 g/mol. The van der Waals surface area contributed by atoms with E-state index in [1.807, 2.05) is 21.9 Å². The van der Waals surface area contributed by atoms with Crippen LogP contribution in [-0.4, -0.2) is 70.9 Å². The first kappa shape index (κ1) is 18.5. The predicted molar refractivity (Wildman–Crippen MR) is 103 cm³/mol. The van der Waals surface area contributed by atoms with Gasteiger partial charge in [0.05, 0.1) is 6.26 Å². The molecule has 4 heterocycles. The van der Waals surface area contributed by atoms with Crippen LogP contribution in [-0.2, 0) is 9.59 Å². The van der Waals surface area contributed by atoms with E-state index in [9.17, 15) is 9.59 Å². The minimum atomic E-state index is 0.0451. The normalized spacial score (nSPS) is 19.9. The molecule has 1 atom stereocenters. The minimum Gasteiger partial charge on any atom is -0.469 e. The van der Waals surface area contributed by atoms with Crippen molar-refractivity contribution in [1.82, 2.24) is 19.8 Å². The Kier molecular flexibility index (Phi) is 5.55. The smallest absolute Gasteiger partial charge is 0.225 e. The fourth-order valence-corrected chi connectivity index (χ4v) is 3.88. The zero-order valence-corrected chi connectivity index (χ0v) is 15.9. The van der Waals surface area contributed by atoms with Crippen LogP contribution >= 0.6 is 0 Å². The number of amides is 2. The second kappa shape index (κ2) is 8.41. The highest BCUT2D eigenvalue weighted by Crippen LogP contribution is 2.27. The van der Waals surface area contributed by atoms with Crippen molar-refractivity contribution in [2.24, 2.45) is 0 Å². The van der Waals surface area contributed by atoms with Crippen molar-refractivity contribution < 1.29 is 14.0 Å². The molecular weight excluding hydrogens is 358 g/mol. The lowest BCUT2D eigenvalue weighted by atomic mass is 10.1. The molecule has 148 valence electrons. The zero-order valence-electron chi connectivity index (χ0n) is 15.9. The summed E-state index contributed by atoms with van der Waals surface area (Å²) in [5.74, 6) is 2.00. The predicted octanol–water partition coefficient (Wildman–Crippen LogP) is 1.51. The Bertz CT molecular complexity index is 787. The van der Waals surface area contributed by atoms with Gasteiger partial charge in [0.1, 0.15) is 5.76 Å². The lowest BCUT2D eigenvalue weighted by Gasteiger charge is -2.34. The molecule has 2 fully saturated rings. The number of nitrogens with zero attached hydrogens (tertiary/aromatic N) is 5. The molecule has 0 aromatic carbocycles. The molecule has 8 nitrogen and oxygen atoms in total. The van der Waals surface area contributed by atoms with Gasteiger partial charge < -0.3 is 19.1 Å². The van der Waals surface area contributed by atoms with E-state index < -0.39 is 0 Å². The molecule has 0 saturated carbocycles. The lowest BCUT2D eigenvalue weighted by Crippen LogP contribution is -2.49. The van der Waals surface area contributed by atoms with Crippen molar-refractivity contribution >= 4 is 17.8 Å². The summed E-state index contributed by atoms with van der Waals surface area (Å²) < 4.78 is 5.45. The Labute approximate surface area is 164 Å². The Balaban J connectivity index is 1.20. The third-order valence-corrected chi connectivity index (χ3v) is 5.51. The number of hydrogen-bond donors (Lipinski definition) is 0. The van der Waals surface area contributed by atoms with Crippen LogP contribution in [0.25, 0.3) is 0 Å². The van der Waals surface area contributed by atoms with Crippen LogP contribution in [0.15, 0.2) is 41.3 Å². The SMILES string of the molecule is O=C(CCC(=O)N1CCC(c2ccco2)C1)N1CCN(c2ncccn2)CC1. The summed E-state index contributed by atoms with van der Waals surface area (Å²) in [6.45, 7) is 4.09. The molecule has 2 aliphatic heterocycles. The van der Waals surface area contributed by atoms with Gasteiger partial charge in [0.25, 0.3) is 0 Å². The van der Waals surface area contributed by atoms with Gasteiger partial charge in [0.2, 0.25) is 17.8 Å². The summed E-state index contributed by atoms with van der Waals surface area (Å²) in [6, 6.07) is 5.63. The van der Waals surface area contributed by atoms with Gasteiger partial charge >= 0.3 is 0 Å². The van der Waals surface area contributed by atoms with Gasteiger partial charge in [-0.15, -0.1) is 0 Å². The van der Waals surface area contributed by atoms with E-state index in [1.165, 1.54) is 0 Å². The van der Waals surface area contributed by atoms with E-state index in [0.29, 0.717) is 38.7 Å². The monoisotopic (exact) mass is 383 g/mol. The molecule has 0 aliphatic carbocycles. The van der Waals surface area contributed by atoms with Crippen molar-refractivity contribution in [3.8, 4) is 0 Å². The molecule has 28 heavy (non-hydrogen) atoms. The molecule has 1 unspecified atom stereocenters. The maximum absolute atomic E-state index is 12.5. The third kappa shape index (κ3) is 4.16. The summed E-state index contributed by atoms with van der Waals surface area (Å²) >= 11 is 0. The van der Waals surface area contributed by atoms with Crippen LogP contribution in [0.2, 0.25) is 0 Å². The number of rotatable bonds is 5. The van der Waals surface area contributed by atoms with Gasteiger partial charge in [-0.3, -0.25) is 9.59 Å². The fraction of sp³-hybridized carbons (Fsp3) is 0.500. The van der Waals surface area contributed by atoms with Crippen LogP contribution in [0.4, 0.5) is 5.95 Å². The standard InChI is InChI=1S/C20H25N5O3/c26-18(23-10-12-24(13-11-23)20-21-7-2-8-22-20)4-5-19(27)25-9-6-16(15-25)17-3-1-14-28-17/h1-3,7-8,14,16H,4-6,9-13,15H2. The molecule has 0 spiro atoms. The number of piperazine rings is 1. The van der Waals surface area contributed by atoms with E-state index in [0.717, 1.165) is 18.7 Å². The van der Waals surface area contributed by atoms with Crippen molar-refractivity contribution in [3.05, 3.63) is 42.6 Å². The van der Waals surface area contributed by atoms with Gasteiger partial charge in [-0.1, -0.05) is 0 Å². The minimum absolute atomic E-state index is 0.0451. The summed E-state index contributed by atoms with van der Waals surface area (Å²) in [5.41, 5.74) is 0. The number of anilines is 1. The van der Waals surface area contributed by atoms with E-state index in [2.05, 4.69) is 14.9 Å². The number of carbonyl (C=O) groups is 2. The molecule has 0 N–H and O–H groups in total. The number of likely N-dealkylation sites (tertiary alicyclic amines) is 1. The fourth-order valence-electron chi connectivity index (χ4n) is 3.88. The van der Waals surface area contributed by atoms with Gasteiger partial charge in [-0.05, 0) is 24.6 Å². The van der Waals surface area contributed by atoms with E-state index in [1.54, 1.807) is 24.7 Å². The first-order valence-electron chi connectivity index (χ1n) is 9.81. The molecule has 2 amide bonds. The first-order valence-corrected chi connectivity index (χ1v) is 9.81. The van der Waals surface area contributed by atoms with Gasteiger partial charge in [-0.25, -0.2) is 9.97 Å². The van der Waals surface area contributed by atoms with Crippen LogP contribution in [0.5, 0.6) is 0 Å². The number of hydrogen-bond acceptors (Lipinski definition) is 6. The van der Waals surface area contributed by atoms with Crippen molar-refractivity contribution in [3.63, 3.8) is 0 Å². The molecule has 4 rings (SSSR count). The van der Waals surface area contributed by atoms with Crippen molar-refractivity contribution in [1.29, 1.82) is 0 Å². The van der Waals surface area contributed by atoms with Crippen LogP contribution < -0.4 is 4.90 Å². The van der Waals surface area contributed by atoms with Crippen LogP contribution in [0, 0.1) is 0 Å². The number of carbonyl (C=O) groups excluding carboxylic acids is 2. The highest BCUT2D eigenvalue weighted by molar-refractivity contribution is 5.84. The van der Waals surface area contributed by atoms with E-state index in [4.69, 9.17) is 4.42 Å². The molecule has 0 radical (unpaired) electrons. The maximum atomic E-state index is 12.5. The number of furan rings is 1. The largest absolute Gasteiger partial charge is 0.469 e. The zero-order chi connectivity index (χ0) is 19.3. The first-order chi connectivity index (χ1) is 13.7. The second-order valence-electron chi connectivity index (χ2n) is 7.26. The Morgan fingerprint density at radius 2 is 1.68 bits per heavy atom. The second-order valence-corrected chi connectivity index (χ2v) is 7.26. The quantitative estimate of drug-likeness (QED) is 0.778. The molecule has 2 aliphatic rings. The summed E-state index contributed by atoms with van der Waals surface area (Å²) in [7, 11) is 0. The van der Waals surface area contributed by atoms with E-state index >= 15 is 0 Å². The Hall–Kier alpha value is -2.90. The van der Waals surface area contributed by atoms with Gasteiger partial charge in [0.15, 0.2) is 0 Å². The topological polar surface area (TPSA) is 82.8 Å². The van der Waals surface area contributed by atoms with Gasteiger partial charge in [0, 0.05) is 70.4 Å². The third-order valence-electron chi connectivity index (χ3n) is 5.51. The highest BCUT2D eigenvalue weighted by Gasteiger charge is 2.29. The molecule has 0 bridgehead atoms. The van der Waals surface area contributed by atoms with Gasteiger partial charge in [-0.2, -0.15) is 0 Å². The summed E-state index contributed by atoms with van der Waals surface area (Å²) in [5, 5.41) is 0. The number of aromatic nitrogens is 2. The van der Waals surface area contributed by atoms with Crippen molar-refractivity contribution in [2.45, 2.75) is 25.2 Å². The highest BCUT2D eigenvalue weighted by atomic mass is 16.3. The molecule has 8 heteroatoms. The summed E-state index contributed by atoms with van der Waals surface area (Å²) in [4.78, 5) is 39.3. The molecule has 2 saturated heterocycles. The molecular formula is C20H25N5O3. The lowest BCUT2D eigenvalue weighted by molar-refractivity contribution is -0.136. The van der Waals surface area contributed by atoms with Crippen LogP contribution in [0.3, 0.4) is 0 Å². The Morgan fingerprint density at radius 1 is 0.964 bits per heavy atom. The molecule has 2 aromatic heterocycles.